The molecule has 1 aromatic rings. The molecular formula is C14H21Cl2N. The Labute approximate surface area is 114 Å². The average Bonchev–Trinajstić information content (AvgIpc) is 2.31. The quantitative estimate of drug-likeness (QED) is 0.800. The van der Waals surface area contributed by atoms with Crippen LogP contribution in [0.25, 0.3) is 0 Å². The van der Waals surface area contributed by atoms with Crippen molar-refractivity contribution in [3.8, 4) is 0 Å². The predicted octanol–water partition coefficient (Wildman–Crippen LogP) is 4.69. The molecule has 0 aliphatic rings. The van der Waals surface area contributed by atoms with Crippen molar-refractivity contribution in [1.29, 1.82) is 0 Å². The molecule has 0 fully saturated rings. The first-order valence-corrected chi connectivity index (χ1v) is 7.02. The molecule has 0 aliphatic carbocycles. The number of benzene rings is 1. The molecule has 1 unspecified atom stereocenters. The van der Waals surface area contributed by atoms with Gasteiger partial charge < -0.3 is 5.73 Å². The highest BCUT2D eigenvalue weighted by Crippen LogP contribution is 2.26. The fraction of sp³-hybridized carbons (Fsp3) is 0.571. The van der Waals surface area contributed by atoms with E-state index < -0.39 is 0 Å². The summed E-state index contributed by atoms with van der Waals surface area (Å²) < 4.78 is 0. The van der Waals surface area contributed by atoms with Crippen molar-refractivity contribution in [2.45, 2.75) is 45.6 Å². The van der Waals surface area contributed by atoms with Gasteiger partial charge in [0.1, 0.15) is 0 Å². The second-order valence-electron chi connectivity index (χ2n) is 4.58. The Bertz CT molecular complexity index is 328. The van der Waals surface area contributed by atoms with Gasteiger partial charge in [0.25, 0.3) is 0 Å². The molecule has 1 nitrogen and oxygen atoms in total. The van der Waals surface area contributed by atoms with Gasteiger partial charge in [-0.1, -0.05) is 56.0 Å². The van der Waals surface area contributed by atoms with Gasteiger partial charge in [0.15, 0.2) is 0 Å². The molecule has 0 saturated carbocycles. The molecule has 0 radical (unpaired) electrons. The van der Waals surface area contributed by atoms with E-state index in [1.165, 1.54) is 12.8 Å². The molecule has 0 saturated heterocycles. The summed E-state index contributed by atoms with van der Waals surface area (Å²) in [6, 6.07) is 5.73. The van der Waals surface area contributed by atoms with Gasteiger partial charge in [0, 0.05) is 16.1 Å². The smallest absolute Gasteiger partial charge is 0.0453 e. The van der Waals surface area contributed by atoms with E-state index >= 15 is 0 Å². The largest absolute Gasteiger partial charge is 0.327 e. The van der Waals surface area contributed by atoms with Gasteiger partial charge in [-0.2, -0.15) is 0 Å². The Kier molecular flexibility index (Phi) is 6.32. The van der Waals surface area contributed by atoms with E-state index in [0.29, 0.717) is 5.92 Å². The van der Waals surface area contributed by atoms with Gasteiger partial charge in [-0.25, -0.2) is 0 Å². The third kappa shape index (κ3) is 4.50. The summed E-state index contributed by atoms with van der Waals surface area (Å²) in [7, 11) is 0. The summed E-state index contributed by atoms with van der Waals surface area (Å²) in [5.41, 5.74) is 7.16. The van der Waals surface area contributed by atoms with Crippen molar-refractivity contribution in [3.05, 3.63) is 33.8 Å². The molecule has 0 spiro atoms. The number of nitrogens with two attached hydrogens (primary N) is 1. The van der Waals surface area contributed by atoms with Gasteiger partial charge in [-0.3, -0.25) is 0 Å². The molecule has 0 aromatic heterocycles. The normalized spacial score (nSPS) is 13.1. The predicted molar refractivity (Wildman–Crippen MR) is 76.8 cm³/mol. The molecule has 1 atom stereocenters. The molecule has 0 aliphatic heterocycles. The highest BCUT2D eigenvalue weighted by molar-refractivity contribution is 6.35. The Morgan fingerprint density at radius 1 is 1.12 bits per heavy atom. The summed E-state index contributed by atoms with van der Waals surface area (Å²) in [6.07, 6.45) is 4.16. The van der Waals surface area contributed by atoms with Crippen LogP contribution in [-0.2, 0) is 6.42 Å². The maximum atomic E-state index is 6.18. The van der Waals surface area contributed by atoms with Gasteiger partial charge in [-0.15, -0.1) is 0 Å². The SMILES string of the molecule is CCC(CC)CC(N)Cc1c(Cl)cccc1Cl. The second-order valence-corrected chi connectivity index (χ2v) is 5.40. The van der Waals surface area contributed by atoms with E-state index in [9.17, 15) is 0 Å². The van der Waals surface area contributed by atoms with E-state index in [-0.39, 0.29) is 6.04 Å². The number of rotatable bonds is 6. The Morgan fingerprint density at radius 2 is 1.65 bits per heavy atom. The first kappa shape index (κ1) is 14.8. The zero-order chi connectivity index (χ0) is 12.8. The minimum atomic E-state index is 0.136. The van der Waals surface area contributed by atoms with Crippen LogP contribution in [0.2, 0.25) is 10.0 Å². The molecule has 0 heterocycles. The molecule has 1 rings (SSSR count). The molecular weight excluding hydrogens is 253 g/mol. The molecule has 3 heteroatoms. The fourth-order valence-corrected chi connectivity index (χ4v) is 2.67. The standard InChI is InChI=1S/C14H21Cl2N/c1-3-10(4-2)8-11(17)9-12-13(15)6-5-7-14(12)16/h5-7,10-11H,3-4,8-9,17H2,1-2H3. The topological polar surface area (TPSA) is 26.0 Å². The molecule has 17 heavy (non-hydrogen) atoms. The van der Waals surface area contributed by atoms with Crippen LogP contribution in [0.4, 0.5) is 0 Å². The van der Waals surface area contributed by atoms with E-state index in [1.807, 2.05) is 18.2 Å². The third-order valence-corrected chi connectivity index (χ3v) is 4.03. The van der Waals surface area contributed by atoms with Gasteiger partial charge >= 0.3 is 0 Å². The summed E-state index contributed by atoms with van der Waals surface area (Å²) in [5.74, 6) is 0.700. The first-order valence-electron chi connectivity index (χ1n) is 6.26. The lowest BCUT2D eigenvalue weighted by molar-refractivity contribution is 0.407. The highest BCUT2D eigenvalue weighted by atomic mass is 35.5. The molecule has 0 bridgehead atoms. The lowest BCUT2D eigenvalue weighted by atomic mass is 9.92. The van der Waals surface area contributed by atoms with Crippen LogP contribution >= 0.6 is 23.2 Å². The van der Waals surface area contributed by atoms with Crippen LogP contribution in [0.15, 0.2) is 18.2 Å². The van der Waals surface area contributed by atoms with Gasteiger partial charge in [0.05, 0.1) is 0 Å². The van der Waals surface area contributed by atoms with Crippen LogP contribution < -0.4 is 5.73 Å². The van der Waals surface area contributed by atoms with Crippen LogP contribution in [0.1, 0.15) is 38.7 Å². The highest BCUT2D eigenvalue weighted by Gasteiger charge is 2.14. The number of hydrogen-bond acceptors (Lipinski definition) is 1. The van der Waals surface area contributed by atoms with Crippen molar-refractivity contribution in [2.24, 2.45) is 11.7 Å². The fourth-order valence-electron chi connectivity index (χ4n) is 2.12. The monoisotopic (exact) mass is 273 g/mol. The van der Waals surface area contributed by atoms with Crippen molar-refractivity contribution in [3.63, 3.8) is 0 Å². The molecule has 96 valence electrons. The summed E-state index contributed by atoms with van der Waals surface area (Å²) in [5, 5.41) is 1.44. The average molecular weight is 274 g/mol. The van der Waals surface area contributed by atoms with E-state index in [0.717, 1.165) is 28.5 Å². The summed E-state index contributed by atoms with van der Waals surface area (Å²) >= 11 is 12.3. The summed E-state index contributed by atoms with van der Waals surface area (Å²) in [4.78, 5) is 0. The molecule has 1 aromatic carbocycles. The zero-order valence-corrected chi connectivity index (χ0v) is 12.1. The van der Waals surface area contributed by atoms with Crippen molar-refractivity contribution < 1.29 is 0 Å². The van der Waals surface area contributed by atoms with Crippen LogP contribution in [0.5, 0.6) is 0 Å². The summed E-state index contributed by atoms with van der Waals surface area (Å²) in [6.45, 7) is 4.42. The zero-order valence-electron chi connectivity index (χ0n) is 10.5. The Balaban J connectivity index is 2.64. The Hall–Kier alpha value is -0.240. The van der Waals surface area contributed by atoms with Crippen LogP contribution in [0.3, 0.4) is 0 Å². The third-order valence-electron chi connectivity index (χ3n) is 3.32. The number of halogens is 2. The lowest BCUT2D eigenvalue weighted by Gasteiger charge is -2.19. The molecule has 0 amide bonds. The van der Waals surface area contributed by atoms with E-state index in [1.54, 1.807) is 0 Å². The van der Waals surface area contributed by atoms with Crippen molar-refractivity contribution >= 4 is 23.2 Å². The van der Waals surface area contributed by atoms with Gasteiger partial charge in [0.2, 0.25) is 0 Å². The first-order chi connectivity index (χ1) is 8.08. The van der Waals surface area contributed by atoms with E-state index in [2.05, 4.69) is 13.8 Å². The minimum Gasteiger partial charge on any atom is -0.327 e. The van der Waals surface area contributed by atoms with Gasteiger partial charge in [-0.05, 0) is 36.5 Å². The maximum Gasteiger partial charge on any atom is 0.0453 e. The lowest BCUT2D eigenvalue weighted by Crippen LogP contribution is -2.26. The Morgan fingerprint density at radius 3 is 2.12 bits per heavy atom. The van der Waals surface area contributed by atoms with E-state index in [4.69, 9.17) is 28.9 Å². The number of hydrogen-bond donors (Lipinski definition) is 1. The molecule has 2 N–H and O–H groups in total. The van der Waals surface area contributed by atoms with Crippen LogP contribution in [-0.4, -0.2) is 6.04 Å². The van der Waals surface area contributed by atoms with Crippen molar-refractivity contribution in [2.75, 3.05) is 0 Å². The second kappa shape index (κ2) is 7.25. The maximum absolute atomic E-state index is 6.18. The minimum absolute atomic E-state index is 0.136. The van der Waals surface area contributed by atoms with Crippen molar-refractivity contribution in [1.82, 2.24) is 0 Å². The van der Waals surface area contributed by atoms with Crippen LogP contribution in [0, 0.1) is 5.92 Å².